The molecule has 0 fully saturated rings. The molecule has 1 aliphatic rings. The van der Waals surface area contributed by atoms with E-state index in [1.165, 1.54) is 11.6 Å². The standard InChI is InChI=1S/C18H16N4S.C8H9FO/c1-11-17(23-18(21-11)13-5-3-9-20-10-13)15-8-7-12-4-2-6-14(19)16(12)22-15;9-8-4-2-1-3-7(8)5-6-10/h3,5,7-10,19H,2,4,6H2,1H3;1-4,10H,5-6H2. The number of fused-ring (bicyclic) bond motifs is 1. The molecule has 0 aliphatic heterocycles. The predicted octanol–water partition coefficient (Wildman–Crippen LogP) is 5.64. The van der Waals surface area contributed by atoms with Crippen LogP contribution in [0.3, 0.4) is 0 Å². The Bertz CT molecular complexity index is 1260. The summed E-state index contributed by atoms with van der Waals surface area (Å²) < 4.78 is 12.7. The molecule has 0 radical (unpaired) electrons. The van der Waals surface area contributed by atoms with Gasteiger partial charge in [0.15, 0.2) is 0 Å². The van der Waals surface area contributed by atoms with Gasteiger partial charge in [-0.3, -0.25) is 4.98 Å². The number of nitrogens with one attached hydrogen (secondary N) is 1. The molecule has 0 spiro atoms. The van der Waals surface area contributed by atoms with E-state index in [2.05, 4.69) is 22.1 Å². The maximum Gasteiger partial charge on any atom is 0.126 e. The van der Waals surface area contributed by atoms with Crippen molar-refractivity contribution in [1.82, 2.24) is 15.0 Å². The van der Waals surface area contributed by atoms with Gasteiger partial charge in [0.1, 0.15) is 10.8 Å². The van der Waals surface area contributed by atoms with Crippen LogP contribution in [-0.2, 0) is 12.8 Å². The van der Waals surface area contributed by atoms with Crippen molar-refractivity contribution in [3.63, 3.8) is 0 Å². The first kappa shape index (κ1) is 22.9. The van der Waals surface area contributed by atoms with Crippen LogP contribution in [0.25, 0.3) is 21.1 Å². The van der Waals surface area contributed by atoms with E-state index in [-0.39, 0.29) is 12.4 Å². The highest BCUT2D eigenvalue weighted by Gasteiger charge is 2.19. The van der Waals surface area contributed by atoms with Gasteiger partial charge in [-0.1, -0.05) is 24.3 Å². The summed E-state index contributed by atoms with van der Waals surface area (Å²) in [5.74, 6) is -0.239. The molecule has 3 aromatic heterocycles. The number of thiazole rings is 1. The van der Waals surface area contributed by atoms with Gasteiger partial charge in [0, 0.05) is 24.6 Å². The largest absolute Gasteiger partial charge is 0.396 e. The number of aliphatic hydroxyl groups excluding tert-OH is 1. The highest BCUT2D eigenvalue weighted by atomic mass is 32.1. The van der Waals surface area contributed by atoms with Gasteiger partial charge in [-0.15, -0.1) is 11.3 Å². The monoisotopic (exact) mass is 460 g/mol. The van der Waals surface area contributed by atoms with Crippen molar-refractivity contribution in [2.45, 2.75) is 32.6 Å². The average Bonchev–Trinajstić information content (AvgIpc) is 3.23. The Kier molecular flexibility index (Phi) is 7.32. The maximum absolute atomic E-state index is 12.7. The Balaban J connectivity index is 0.000000219. The van der Waals surface area contributed by atoms with Gasteiger partial charge >= 0.3 is 0 Å². The van der Waals surface area contributed by atoms with Crippen LogP contribution in [0.4, 0.5) is 4.39 Å². The Labute approximate surface area is 196 Å². The van der Waals surface area contributed by atoms with Gasteiger partial charge < -0.3 is 10.5 Å². The van der Waals surface area contributed by atoms with Crippen molar-refractivity contribution in [3.05, 3.63) is 89.3 Å². The average molecular weight is 461 g/mol. The first-order valence-corrected chi connectivity index (χ1v) is 11.7. The zero-order valence-corrected chi connectivity index (χ0v) is 19.2. The molecule has 7 heteroatoms. The first-order chi connectivity index (χ1) is 16.1. The van der Waals surface area contributed by atoms with Crippen LogP contribution in [0.5, 0.6) is 0 Å². The van der Waals surface area contributed by atoms with Crippen LogP contribution in [0.2, 0.25) is 0 Å². The van der Waals surface area contributed by atoms with Crippen molar-refractivity contribution in [1.29, 1.82) is 5.41 Å². The number of hydrogen-bond donors (Lipinski definition) is 2. The fourth-order valence-electron chi connectivity index (χ4n) is 3.72. The summed E-state index contributed by atoms with van der Waals surface area (Å²) in [4.78, 5) is 14.7. The molecule has 5 nitrogen and oxygen atoms in total. The van der Waals surface area contributed by atoms with Crippen LogP contribution >= 0.6 is 11.3 Å². The lowest BCUT2D eigenvalue weighted by atomic mass is 9.94. The van der Waals surface area contributed by atoms with E-state index >= 15 is 0 Å². The normalized spacial score (nSPS) is 12.6. The molecule has 3 heterocycles. The van der Waals surface area contributed by atoms with Crippen LogP contribution in [0.1, 0.15) is 35.4 Å². The van der Waals surface area contributed by atoms with E-state index in [4.69, 9.17) is 15.5 Å². The number of hydrogen-bond acceptors (Lipinski definition) is 6. The van der Waals surface area contributed by atoms with Gasteiger partial charge in [0.2, 0.25) is 0 Å². The molecule has 2 N–H and O–H groups in total. The summed E-state index contributed by atoms with van der Waals surface area (Å²) in [5, 5.41) is 17.6. The number of aryl methyl sites for hydroxylation is 2. The van der Waals surface area contributed by atoms with E-state index in [9.17, 15) is 4.39 Å². The van der Waals surface area contributed by atoms with Gasteiger partial charge in [-0.25, -0.2) is 14.4 Å². The molecule has 5 rings (SSSR count). The second-order valence-corrected chi connectivity index (χ2v) is 8.78. The zero-order valence-electron chi connectivity index (χ0n) is 18.4. The third-order valence-corrected chi connectivity index (χ3v) is 6.64. The van der Waals surface area contributed by atoms with Gasteiger partial charge in [0.05, 0.1) is 27.7 Å². The fraction of sp³-hybridized carbons (Fsp3) is 0.231. The smallest absolute Gasteiger partial charge is 0.126 e. The van der Waals surface area contributed by atoms with Crippen molar-refractivity contribution in [3.8, 4) is 21.1 Å². The Morgan fingerprint density at radius 2 is 1.91 bits per heavy atom. The number of aromatic nitrogens is 3. The van der Waals surface area contributed by atoms with Crippen molar-refractivity contribution >= 4 is 17.0 Å². The number of benzene rings is 1. The number of aliphatic hydroxyl groups is 1. The van der Waals surface area contributed by atoms with Crippen molar-refractivity contribution < 1.29 is 9.50 Å². The van der Waals surface area contributed by atoms with Crippen LogP contribution in [0, 0.1) is 18.2 Å². The van der Waals surface area contributed by atoms with E-state index in [1.54, 1.807) is 35.7 Å². The van der Waals surface area contributed by atoms with Gasteiger partial charge in [0.25, 0.3) is 0 Å². The lowest BCUT2D eigenvalue weighted by molar-refractivity contribution is 0.297. The van der Waals surface area contributed by atoms with E-state index in [0.717, 1.165) is 51.8 Å². The molecular formula is C26H25FN4OS. The summed E-state index contributed by atoms with van der Waals surface area (Å²) >= 11 is 1.63. The summed E-state index contributed by atoms with van der Waals surface area (Å²) in [6, 6.07) is 14.6. The van der Waals surface area contributed by atoms with Crippen LogP contribution in [-0.4, -0.2) is 32.4 Å². The molecule has 1 aliphatic carbocycles. The summed E-state index contributed by atoms with van der Waals surface area (Å²) in [6.45, 7) is 2.01. The zero-order chi connectivity index (χ0) is 23.2. The predicted molar refractivity (Wildman–Crippen MR) is 130 cm³/mol. The minimum absolute atomic E-state index is 0.000926. The Morgan fingerprint density at radius 1 is 1.06 bits per heavy atom. The minimum Gasteiger partial charge on any atom is -0.396 e. The molecule has 0 amide bonds. The quantitative estimate of drug-likeness (QED) is 0.413. The van der Waals surface area contributed by atoms with E-state index in [0.29, 0.717) is 17.7 Å². The first-order valence-electron chi connectivity index (χ1n) is 10.9. The molecule has 0 bridgehead atoms. The number of rotatable bonds is 4. The van der Waals surface area contributed by atoms with Crippen LogP contribution in [0.15, 0.2) is 60.9 Å². The molecule has 0 atom stereocenters. The SMILES string of the molecule is Cc1nc(-c2cccnc2)sc1-c1ccc2c(n1)C(=N)CCC2.OCCc1ccccc1F. The number of halogens is 1. The van der Waals surface area contributed by atoms with E-state index < -0.39 is 0 Å². The fourth-order valence-corrected chi connectivity index (χ4v) is 4.75. The minimum atomic E-state index is -0.239. The number of pyridine rings is 2. The maximum atomic E-state index is 12.7. The second kappa shape index (κ2) is 10.6. The molecule has 0 saturated heterocycles. The summed E-state index contributed by atoms with van der Waals surface area (Å²) in [5.41, 5.74) is 6.21. The lowest BCUT2D eigenvalue weighted by Gasteiger charge is -2.16. The van der Waals surface area contributed by atoms with Crippen molar-refractivity contribution in [2.75, 3.05) is 6.61 Å². The summed E-state index contributed by atoms with van der Waals surface area (Å²) in [7, 11) is 0. The van der Waals surface area contributed by atoms with Crippen molar-refractivity contribution in [2.24, 2.45) is 0 Å². The van der Waals surface area contributed by atoms with Gasteiger partial charge in [-0.2, -0.15) is 0 Å². The molecule has 33 heavy (non-hydrogen) atoms. The second-order valence-electron chi connectivity index (χ2n) is 7.78. The van der Waals surface area contributed by atoms with Gasteiger partial charge in [-0.05, 0) is 68.0 Å². The molecule has 4 aromatic rings. The molecule has 0 saturated carbocycles. The molecule has 0 unspecified atom stereocenters. The third kappa shape index (κ3) is 5.38. The highest BCUT2D eigenvalue weighted by molar-refractivity contribution is 7.18. The Morgan fingerprint density at radius 3 is 2.67 bits per heavy atom. The molecule has 168 valence electrons. The summed E-state index contributed by atoms with van der Waals surface area (Å²) in [6.07, 6.45) is 6.89. The molecular weight excluding hydrogens is 435 g/mol. The molecule has 1 aromatic carbocycles. The van der Waals surface area contributed by atoms with E-state index in [1.807, 2.05) is 25.3 Å². The Hall–Kier alpha value is -3.29. The lowest BCUT2D eigenvalue weighted by Crippen LogP contribution is -2.13. The highest BCUT2D eigenvalue weighted by Crippen LogP contribution is 2.35. The third-order valence-electron chi connectivity index (χ3n) is 5.41. The number of nitrogens with zero attached hydrogens (tertiary/aromatic N) is 3. The van der Waals surface area contributed by atoms with Crippen LogP contribution < -0.4 is 0 Å². The topological polar surface area (TPSA) is 82.8 Å².